The number of ether oxygens (including phenoxy) is 2. The first kappa shape index (κ1) is 36.4. The zero-order chi connectivity index (χ0) is 33.5. The van der Waals surface area contributed by atoms with Crippen molar-refractivity contribution in [1.29, 1.82) is 0 Å². The highest BCUT2D eigenvalue weighted by atomic mass is 32.1. The van der Waals surface area contributed by atoms with Crippen molar-refractivity contribution in [3.8, 4) is 0 Å². The van der Waals surface area contributed by atoms with Crippen molar-refractivity contribution in [3.63, 3.8) is 0 Å². The van der Waals surface area contributed by atoms with Crippen LogP contribution in [0.4, 0.5) is 13.2 Å². The zero-order valence-corrected chi connectivity index (χ0v) is 27.9. The lowest BCUT2D eigenvalue weighted by atomic mass is 9.82. The molecule has 2 aromatic heterocycles. The van der Waals surface area contributed by atoms with Crippen LogP contribution < -0.4 is 5.32 Å². The Labute approximate surface area is 269 Å². The summed E-state index contributed by atoms with van der Waals surface area (Å²) in [6.45, 7) is 6.84. The third-order valence-corrected chi connectivity index (χ3v) is 9.79. The van der Waals surface area contributed by atoms with Gasteiger partial charge in [0.15, 0.2) is 11.8 Å². The minimum absolute atomic E-state index is 0.0218. The fourth-order valence-electron chi connectivity index (χ4n) is 5.23. The normalized spacial score (nSPS) is 16.3. The van der Waals surface area contributed by atoms with Gasteiger partial charge in [-0.2, -0.15) is 13.2 Å². The number of carbonyl (C=O) groups is 4. The molecule has 1 saturated carbocycles. The summed E-state index contributed by atoms with van der Waals surface area (Å²) < 4.78 is 49.7. The molecule has 1 fully saturated rings. The summed E-state index contributed by atoms with van der Waals surface area (Å²) in [5.74, 6) is -1.85. The first-order valence-electron chi connectivity index (χ1n) is 14.9. The fourth-order valence-corrected chi connectivity index (χ4v) is 6.95. The summed E-state index contributed by atoms with van der Waals surface area (Å²) in [5, 5.41) is 5.70. The number of esters is 2. The molecule has 0 bridgehead atoms. The van der Waals surface area contributed by atoms with E-state index in [-0.39, 0.29) is 47.8 Å². The number of hydrogen-bond acceptors (Lipinski definition) is 10. The summed E-state index contributed by atoms with van der Waals surface area (Å²) in [7, 11) is 2.98. The van der Waals surface area contributed by atoms with Gasteiger partial charge in [-0.1, -0.05) is 27.2 Å². The maximum absolute atomic E-state index is 13.3. The van der Waals surface area contributed by atoms with Gasteiger partial charge in [0.1, 0.15) is 10.7 Å². The lowest BCUT2D eigenvalue weighted by Gasteiger charge is -2.35. The number of nitrogens with zero attached hydrogens (tertiary/aromatic N) is 3. The molecule has 1 aliphatic carbocycles. The maximum Gasteiger partial charge on any atom is 0.434 e. The van der Waals surface area contributed by atoms with Gasteiger partial charge in [0.05, 0.1) is 18.0 Å². The number of halogens is 3. The number of thiazole rings is 2. The summed E-state index contributed by atoms with van der Waals surface area (Å²) in [4.78, 5) is 60.3. The van der Waals surface area contributed by atoms with E-state index in [1.807, 2.05) is 13.8 Å². The van der Waals surface area contributed by atoms with Gasteiger partial charge in [-0.15, -0.1) is 22.7 Å². The number of amides is 2. The van der Waals surface area contributed by atoms with Crippen molar-refractivity contribution >= 4 is 46.4 Å². The van der Waals surface area contributed by atoms with Crippen molar-refractivity contribution in [3.05, 3.63) is 32.2 Å². The molecule has 0 spiro atoms. The maximum atomic E-state index is 13.3. The average Bonchev–Trinajstić information content (AvgIpc) is 3.62. The monoisotopic (exact) mass is 674 g/mol. The van der Waals surface area contributed by atoms with Gasteiger partial charge in [0.25, 0.3) is 5.91 Å². The molecule has 1 N–H and O–H groups in total. The van der Waals surface area contributed by atoms with Crippen LogP contribution in [0.3, 0.4) is 0 Å². The molecule has 1 aliphatic rings. The molecular weight excluding hydrogens is 633 g/mol. The Morgan fingerprint density at radius 3 is 2.31 bits per heavy atom. The summed E-state index contributed by atoms with van der Waals surface area (Å²) in [6.07, 6.45) is -1.38. The van der Waals surface area contributed by atoms with E-state index in [1.54, 1.807) is 18.9 Å². The standard InChI is InChI=1S/C30H41F3N4O6S2/c1-16(2)22(37(5)26(39)11-19-8-7-9-19)13-23(43-18(4)38)28-35-21(14-45-28)27(40)34-20(10-17(3)29(41)42-6)12-25-36-24(15-44-25)30(31,32)33/h14-17,19-20,22-23H,7-13H2,1-6H3,(H,34,40)/t17-,20+,22?,23+/m0/s1. The molecule has 2 heterocycles. The van der Waals surface area contributed by atoms with Gasteiger partial charge in [0, 0.05) is 56.1 Å². The lowest BCUT2D eigenvalue weighted by molar-refractivity contribution is -0.149. The third kappa shape index (κ3) is 10.5. The van der Waals surface area contributed by atoms with Crippen LogP contribution in [0.5, 0.6) is 0 Å². The van der Waals surface area contributed by atoms with E-state index in [4.69, 9.17) is 9.47 Å². The molecular formula is C30H41F3N4O6S2. The molecule has 0 radical (unpaired) electrons. The smallest absolute Gasteiger partial charge is 0.434 e. The van der Waals surface area contributed by atoms with Gasteiger partial charge in [-0.25, -0.2) is 9.97 Å². The first-order valence-corrected chi connectivity index (χ1v) is 16.6. The summed E-state index contributed by atoms with van der Waals surface area (Å²) in [5.41, 5.74) is -1.00. The van der Waals surface area contributed by atoms with Crippen LogP contribution in [0, 0.1) is 17.8 Å². The molecule has 0 aromatic carbocycles. The van der Waals surface area contributed by atoms with Crippen molar-refractivity contribution in [2.45, 2.75) is 97.0 Å². The number of hydrogen-bond donors (Lipinski definition) is 1. The van der Waals surface area contributed by atoms with Crippen molar-refractivity contribution < 1.29 is 41.8 Å². The second-order valence-corrected chi connectivity index (χ2v) is 13.7. The largest absolute Gasteiger partial charge is 0.469 e. The van der Waals surface area contributed by atoms with Crippen molar-refractivity contribution in [1.82, 2.24) is 20.2 Å². The Morgan fingerprint density at radius 2 is 1.78 bits per heavy atom. The second kappa shape index (κ2) is 16.0. The quantitative estimate of drug-likeness (QED) is 0.234. The number of aromatic nitrogens is 2. The second-order valence-electron chi connectivity index (χ2n) is 11.9. The third-order valence-electron chi connectivity index (χ3n) is 7.98. The Balaban J connectivity index is 1.78. The minimum atomic E-state index is -4.60. The SMILES string of the molecule is COC(=O)[C@@H](C)C[C@H](Cc1nc(C(F)(F)F)cs1)NC(=O)c1csc([C@@H](CC(C(C)C)N(C)C(=O)CC2CCC2)OC(C)=O)n1. The van der Waals surface area contributed by atoms with Crippen LogP contribution in [0.15, 0.2) is 10.8 Å². The van der Waals surface area contributed by atoms with E-state index in [0.29, 0.717) is 17.3 Å². The van der Waals surface area contributed by atoms with E-state index >= 15 is 0 Å². The number of alkyl halides is 3. The molecule has 1 unspecified atom stereocenters. The molecule has 15 heteroatoms. The van der Waals surface area contributed by atoms with Gasteiger partial charge >= 0.3 is 18.1 Å². The molecule has 0 saturated heterocycles. The van der Waals surface area contributed by atoms with Crippen molar-refractivity contribution in [2.24, 2.45) is 17.8 Å². The Morgan fingerprint density at radius 1 is 1.09 bits per heavy atom. The average molecular weight is 675 g/mol. The first-order chi connectivity index (χ1) is 21.1. The van der Waals surface area contributed by atoms with Gasteiger partial charge in [-0.05, 0) is 31.1 Å². The highest BCUT2D eigenvalue weighted by Gasteiger charge is 2.35. The predicted octanol–water partition coefficient (Wildman–Crippen LogP) is 5.83. The van der Waals surface area contributed by atoms with Gasteiger partial charge in [0.2, 0.25) is 5.91 Å². The summed E-state index contributed by atoms with van der Waals surface area (Å²) in [6, 6.07) is -1.01. The van der Waals surface area contributed by atoms with Crippen molar-refractivity contribution in [2.75, 3.05) is 14.2 Å². The van der Waals surface area contributed by atoms with Crippen LogP contribution in [0.25, 0.3) is 0 Å². The topological polar surface area (TPSA) is 128 Å². The minimum Gasteiger partial charge on any atom is -0.469 e. The highest BCUT2D eigenvalue weighted by Crippen LogP contribution is 2.34. The van der Waals surface area contributed by atoms with E-state index in [1.165, 1.54) is 19.4 Å². The molecule has 4 atom stereocenters. The van der Waals surface area contributed by atoms with Crippen LogP contribution in [-0.4, -0.2) is 64.9 Å². The Bertz CT molecular complexity index is 1330. The van der Waals surface area contributed by atoms with Crippen LogP contribution in [-0.2, 0) is 36.5 Å². The predicted molar refractivity (Wildman–Crippen MR) is 162 cm³/mol. The summed E-state index contributed by atoms with van der Waals surface area (Å²) >= 11 is 1.94. The highest BCUT2D eigenvalue weighted by molar-refractivity contribution is 7.10. The molecule has 250 valence electrons. The Kier molecular flexibility index (Phi) is 12.9. The molecule has 2 amide bonds. The molecule has 2 aromatic rings. The number of methoxy groups -OCH3 is 1. The Hall–Kier alpha value is -3.07. The van der Waals surface area contributed by atoms with Crippen LogP contribution >= 0.6 is 22.7 Å². The number of rotatable bonds is 15. The van der Waals surface area contributed by atoms with Gasteiger partial charge in [-0.3, -0.25) is 19.2 Å². The fraction of sp³-hybridized carbons (Fsp3) is 0.667. The molecule has 3 rings (SSSR count). The van der Waals surface area contributed by atoms with E-state index in [9.17, 15) is 32.3 Å². The zero-order valence-electron chi connectivity index (χ0n) is 26.3. The molecule has 10 nitrogen and oxygen atoms in total. The van der Waals surface area contributed by atoms with E-state index < -0.39 is 47.8 Å². The number of carbonyl (C=O) groups excluding carboxylic acids is 4. The van der Waals surface area contributed by atoms with Crippen LogP contribution in [0.2, 0.25) is 0 Å². The molecule has 45 heavy (non-hydrogen) atoms. The van der Waals surface area contributed by atoms with E-state index in [0.717, 1.165) is 47.3 Å². The van der Waals surface area contributed by atoms with Crippen LogP contribution in [0.1, 0.15) is 98.5 Å². The van der Waals surface area contributed by atoms with E-state index in [2.05, 4.69) is 15.3 Å². The lowest BCUT2D eigenvalue weighted by Crippen LogP contribution is -2.42. The molecule has 0 aliphatic heterocycles. The number of nitrogens with one attached hydrogen (secondary N) is 1. The van der Waals surface area contributed by atoms with Gasteiger partial charge < -0.3 is 19.7 Å².